The second-order valence-electron chi connectivity index (χ2n) is 6.14. The number of carbonyl (C=O) groups is 2. The first kappa shape index (κ1) is 22.6. The molecule has 156 valence electrons. The number of hydrogen-bond donors (Lipinski definition) is 3. The number of benzene rings is 2. The van der Waals surface area contributed by atoms with Crippen LogP contribution in [0.3, 0.4) is 0 Å². The number of amides is 2. The summed E-state index contributed by atoms with van der Waals surface area (Å²) < 4.78 is 50.0. The number of nitrogens with one attached hydrogen (secondary N) is 1. The second-order valence-corrected chi connectivity index (χ2v) is 7.71. The Hall–Kier alpha value is -2.72. The number of rotatable bonds is 8. The largest absolute Gasteiger partial charge is 0.416 e. The van der Waals surface area contributed by atoms with Gasteiger partial charge in [0.2, 0.25) is 5.91 Å². The van der Waals surface area contributed by atoms with E-state index in [2.05, 4.69) is 5.32 Å². The predicted octanol–water partition coefficient (Wildman–Crippen LogP) is 1.91. The number of halogens is 3. The van der Waals surface area contributed by atoms with Crippen LogP contribution in [-0.2, 0) is 26.6 Å². The Morgan fingerprint density at radius 2 is 1.66 bits per heavy atom. The summed E-state index contributed by atoms with van der Waals surface area (Å²) >= 11 is 0. The Labute approximate surface area is 167 Å². The van der Waals surface area contributed by atoms with Gasteiger partial charge in [-0.2, -0.15) is 13.2 Å². The molecular weight excluding hydrogens is 409 g/mol. The highest BCUT2D eigenvalue weighted by Crippen LogP contribution is 2.30. The van der Waals surface area contributed by atoms with Crippen LogP contribution in [0.1, 0.15) is 23.7 Å². The van der Waals surface area contributed by atoms with E-state index in [0.717, 1.165) is 24.3 Å². The molecule has 2 aromatic rings. The normalized spacial score (nSPS) is 14.6. The number of primary amides is 1. The molecular formula is C19H19F3N2O4S. The Morgan fingerprint density at radius 1 is 1.07 bits per heavy atom. The lowest BCUT2D eigenvalue weighted by Crippen LogP contribution is -2.46. The molecule has 0 aromatic heterocycles. The van der Waals surface area contributed by atoms with Gasteiger partial charge < -0.3 is 16.2 Å². The van der Waals surface area contributed by atoms with Crippen LogP contribution in [0.5, 0.6) is 0 Å². The first-order chi connectivity index (χ1) is 13.6. The van der Waals surface area contributed by atoms with E-state index in [-0.39, 0.29) is 17.7 Å². The van der Waals surface area contributed by atoms with E-state index in [0.29, 0.717) is 4.90 Å². The number of carbonyl (C=O) groups excluding carboxylic acids is 2. The van der Waals surface area contributed by atoms with E-state index < -0.39 is 46.5 Å². The fraction of sp³-hybridized carbons (Fsp3) is 0.263. The molecule has 10 heteroatoms. The zero-order chi connectivity index (χ0) is 21.6. The number of alkyl halides is 3. The van der Waals surface area contributed by atoms with Crippen molar-refractivity contribution in [2.24, 2.45) is 5.73 Å². The zero-order valence-electron chi connectivity index (χ0n) is 15.1. The van der Waals surface area contributed by atoms with E-state index in [1.807, 2.05) is 0 Å². The molecule has 0 saturated carbocycles. The van der Waals surface area contributed by atoms with Gasteiger partial charge in [0.25, 0.3) is 5.91 Å². The highest BCUT2D eigenvalue weighted by atomic mass is 32.2. The van der Waals surface area contributed by atoms with Crippen molar-refractivity contribution < 1.29 is 32.1 Å². The van der Waals surface area contributed by atoms with Gasteiger partial charge in [-0.15, -0.1) is 0 Å². The van der Waals surface area contributed by atoms with Crippen molar-refractivity contribution in [1.29, 1.82) is 0 Å². The maximum atomic E-state index is 12.6. The summed E-state index contributed by atoms with van der Waals surface area (Å²) in [4.78, 5) is 24.3. The molecule has 0 heterocycles. The molecule has 0 fully saturated rings. The summed E-state index contributed by atoms with van der Waals surface area (Å²) in [6.07, 6.45) is -6.38. The van der Waals surface area contributed by atoms with Crippen LogP contribution in [0.15, 0.2) is 59.5 Å². The van der Waals surface area contributed by atoms with E-state index in [1.54, 1.807) is 30.3 Å². The van der Waals surface area contributed by atoms with Crippen LogP contribution in [0.25, 0.3) is 0 Å². The molecule has 4 N–H and O–H groups in total. The third-order valence-electron chi connectivity index (χ3n) is 4.06. The molecule has 6 nitrogen and oxygen atoms in total. The molecule has 0 aliphatic heterocycles. The Balaban J connectivity index is 1.99. The van der Waals surface area contributed by atoms with Crippen molar-refractivity contribution in [3.8, 4) is 0 Å². The standard InChI is InChI=1S/C19H19F3N2O4S/c20-19(21,22)13-8-6-12(7-9-13)16(25)18(27)24-15(17(23)26)10-11-29(28)14-4-2-1-3-5-14/h1-9,15-16,25H,10-11H2,(H2,23,26)(H,24,27)/t15-,16-,29-/m0/s1. The fourth-order valence-corrected chi connectivity index (χ4v) is 3.60. The number of hydrogen-bond acceptors (Lipinski definition) is 4. The lowest BCUT2D eigenvalue weighted by molar-refractivity contribution is -0.137. The third-order valence-corrected chi connectivity index (χ3v) is 5.46. The zero-order valence-corrected chi connectivity index (χ0v) is 15.9. The van der Waals surface area contributed by atoms with Crippen molar-refractivity contribution in [2.45, 2.75) is 29.6 Å². The van der Waals surface area contributed by atoms with E-state index in [9.17, 15) is 32.1 Å². The number of aliphatic hydroxyl groups is 1. The smallest absolute Gasteiger partial charge is 0.378 e. The van der Waals surface area contributed by atoms with E-state index in [1.165, 1.54) is 0 Å². The molecule has 0 saturated heterocycles. The van der Waals surface area contributed by atoms with Gasteiger partial charge in [0.15, 0.2) is 6.10 Å². The summed E-state index contributed by atoms with van der Waals surface area (Å²) in [5, 5.41) is 12.3. The van der Waals surface area contributed by atoms with Gasteiger partial charge in [0.05, 0.1) is 16.4 Å². The van der Waals surface area contributed by atoms with Gasteiger partial charge >= 0.3 is 6.18 Å². The van der Waals surface area contributed by atoms with Gasteiger partial charge in [-0.3, -0.25) is 13.8 Å². The summed E-state index contributed by atoms with van der Waals surface area (Å²) in [7, 11) is -1.42. The highest BCUT2D eigenvalue weighted by molar-refractivity contribution is 7.85. The monoisotopic (exact) mass is 428 g/mol. The number of aliphatic hydroxyl groups excluding tert-OH is 1. The van der Waals surface area contributed by atoms with Crippen LogP contribution in [0, 0.1) is 0 Å². The van der Waals surface area contributed by atoms with Crippen LogP contribution < -0.4 is 11.1 Å². The van der Waals surface area contributed by atoms with Crippen LogP contribution in [0.4, 0.5) is 13.2 Å². The third kappa shape index (κ3) is 6.40. The van der Waals surface area contributed by atoms with Crippen molar-refractivity contribution in [3.63, 3.8) is 0 Å². The maximum Gasteiger partial charge on any atom is 0.416 e. The molecule has 0 aliphatic carbocycles. The topological polar surface area (TPSA) is 109 Å². The number of nitrogens with two attached hydrogens (primary N) is 1. The van der Waals surface area contributed by atoms with Crippen molar-refractivity contribution in [1.82, 2.24) is 5.32 Å². The van der Waals surface area contributed by atoms with Gasteiger partial charge in [0.1, 0.15) is 6.04 Å². The molecule has 0 spiro atoms. The minimum atomic E-state index is -4.54. The van der Waals surface area contributed by atoms with Crippen molar-refractivity contribution in [2.75, 3.05) is 5.75 Å². The van der Waals surface area contributed by atoms with Crippen molar-refractivity contribution in [3.05, 3.63) is 65.7 Å². The maximum absolute atomic E-state index is 12.6. The van der Waals surface area contributed by atoms with Crippen molar-refractivity contribution >= 4 is 22.6 Å². The average molecular weight is 428 g/mol. The Morgan fingerprint density at radius 3 is 2.17 bits per heavy atom. The molecule has 2 rings (SSSR count). The average Bonchev–Trinajstić information content (AvgIpc) is 2.70. The van der Waals surface area contributed by atoms with Gasteiger partial charge in [-0.05, 0) is 36.2 Å². The lowest BCUT2D eigenvalue weighted by atomic mass is 10.1. The first-order valence-electron chi connectivity index (χ1n) is 8.48. The van der Waals surface area contributed by atoms with Gasteiger partial charge in [0, 0.05) is 10.6 Å². The molecule has 0 bridgehead atoms. The van der Waals surface area contributed by atoms with Gasteiger partial charge in [-0.1, -0.05) is 30.3 Å². The first-order valence-corrected chi connectivity index (χ1v) is 9.80. The molecule has 0 aliphatic rings. The van der Waals surface area contributed by atoms with E-state index >= 15 is 0 Å². The fourth-order valence-electron chi connectivity index (χ4n) is 2.46. The lowest BCUT2D eigenvalue weighted by Gasteiger charge is -2.18. The highest BCUT2D eigenvalue weighted by Gasteiger charge is 2.31. The molecule has 3 atom stereocenters. The summed E-state index contributed by atoms with van der Waals surface area (Å²) in [5.41, 5.74) is 4.26. The summed E-state index contributed by atoms with van der Waals surface area (Å²) in [6.45, 7) is 0. The second kappa shape index (κ2) is 9.66. The molecule has 2 aromatic carbocycles. The Bertz CT molecular complexity index is 873. The van der Waals surface area contributed by atoms with Crippen LogP contribution >= 0.6 is 0 Å². The predicted molar refractivity (Wildman–Crippen MR) is 99.9 cm³/mol. The summed E-state index contributed by atoms with van der Waals surface area (Å²) in [5.74, 6) is -1.85. The quantitative estimate of drug-likeness (QED) is 0.597. The molecule has 29 heavy (non-hydrogen) atoms. The molecule has 0 unspecified atom stereocenters. The van der Waals surface area contributed by atoms with Gasteiger partial charge in [-0.25, -0.2) is 0 Å². The minimum Gasteiger partial charge on any atom is -0.378 e. The Kier molecular flexibility index (Phi) is 7.52. The summed E-state index contributed by atoms with van der Waals surface area (Å²) in [6, 6.07) is 10.7. The molecule has 0 radical (unpaired) electrons. The van der Waals surface area contributed by atoms with Crippen LogP contribution in [0.2, 0.25) is 0 Å². The SMILES string of the molecule is NC(=O)[C@H](CC[S@](=O)c1ccccc1)NC(=O)[C@@H](O)c1ccc(C(F)(F)F)cc1. The minimum absolute atomic E-state index is 0.0360. The van der Waals surface area contributed by atoms with Crippen LogP contribution in [-0.4, -0.2) is 32.9 Å². The van der Waals surface area contributed by atoms with E-state index in [4.69, 9.17) is 5.73 Å². The molecule has 2 amide bonds.